The minimum absolute atomic E-state index is 0.279. The monoisotopic (exact) mass is 366 g/mol. The van der Waals surface area contributed by atoms with Gasteiger partial charge in [0.15, 0.2) is 0 Å². The minimum Gasteiger partial charge on any atom is -0.492 e. The zero-order chi connectivity index (χ0) is 19.4. The van der Waals surface area contributed by atoms with Gasteiger partial charge in [0.25, 0.3) is 17.7 Å². The Balaban J connectivity index is 1.82. The number of unbranched alkanes of at least 4 members (excludes halogenated alkanes) is 1. The molecule has 0 spiro atoms. The summed E-state index contributed by atoms with van der Waals surface area (Å²) < 4.78 is 5.51. The molecule has 27 heavy (non-hydrogen) atoms. The number of hydrogen-bond donors (Lipinski definition) is 1. The van der Waals surface area contributed by atoms with E-state index >= 15 is 0 Å². The molecule has 140 valence electrons. The quantitative estimate of drug-likeness (QED) is 0.758. The number of carbonyl (C=O) groups excluding carboxylic acids is 3. The van der Waals surface area contributed by atoms with Crippen LogP contribution in [0.5, 0.6) is 5.75 Å². The number of nitrogens with one attached hydrogen (secondary N) is 1. The lowest BCUT2D eigenvalue weighted by atomic mass is 10.1. The van der Waals surface area contributed by atoms with Crippen LogP contribution in [0, 0.1) is 0 Å². The normalized spacial score (nSPS) is 12.9. The summed E-state index contributed by atoms with van der Waals surface area (Å²) in [6.45, 7) is 4.74. The molecule has 0 radical (unpaired) electrons. The van der Waals surface area contributed by atoms with Crippen molar-refractivity contribution in [3.8, 4) is 5.75 Å². The number of carbonyl (C=O) groups is 3. The molecule has 2 aromatic rings. The second kappa shape index (κ2) is 8.03. The molecule has 0 unspecified atom stereocenters. The summed E-state index contributed by atoms with van der Waals surface area (Å²) >= 11 is 0. The van der Waals surface area contributed by atoms with Crippen molar-refractivity contribution in [2.24, 2.45) is 0 Å². The lowest BCUT2D eigenvalue weighted by Gasteiger charge is -2.12. The maximum atomic E-state index is 12.6. The molecule has 0 saturated heterocycles. The van der Waals surface area contributed by atoms with Gasteiger partial charge in [0.2, 0.25) is 0 Å². The van der Waals surface area contributed by atoms with Gasteiger partial charge >= 0.3 is 0 Å². The molecular formula is C21H22N2O4. The second-order valence-electron chi connectivity index (χ2n) is 6.26. The van der Waals surface area contributed by atoms with Crippen LogP contribution in [0.25, 0.3) is 0 Å². The molecule has 0 fully saturated rings. The van der Waals surface area contributed by atoms with E-state index in [1.54, 1.807) is 30.3 Å². The molecule has 1 N–H and O–H groups in total. The number of anilines is 1. The first-order valence-corrected chi connectivity index (χ1v) is 9.10. The first-order valence-electron chi connectivity index (χ1n) is 9.10. The van der Waals surface area contributed by atoms with E-state index < -0.39 is 0 Å². The van der Waals surface area contributed by atoms with Gasteiger partial charge in [-0.15, -0.1) is 0 Å². The van der Waals surface area contributed by atoms with Crippen LogP contribution in [-0.4, -0.2) is 35.8 Å². The highest BCUT2D eigenvalue weighted by Crippen LogP contribution is 2.27. The fourth-order valence-corrected chi connectivity index (χ4v) is 3.00. The number of benzene rings is 2. The molecule has 0 atom stereocenters. The highest BCUT2D eigenvalue weighted by Gasteiger charge is 2.35. The number of imide groups is 1. The van der Waals surface area contributed by atoms with Crippen LogP contribution in [0.2, 0.25) is 0 Å². The molecule has 1 aliphatic heterocycles. The van der Waals surface area contributed by atoms with Gasteiger partial charge in [-0.25, -0.2) is 0 Å². The summed E-state index contributed by atoms with van der Waals surface area (Å²) in [5.74, 6) is -0.423. The third-order valence-electron chi connectivity index (χ3n) is 4.40. The molecule has 3 rings (SSSR count). The van der Waals surface area contributed by atoms with E-state index in [0.717, 1.165) is 12.8 Å². The summed E-state index contributed by atoms with van der Waals surface area (Å²) in [5, 5.41) is 2.80. The summed E-state index contributed by atoms with van der Waals surface area (Å²) in [6, 6.07) is 11.7. The van der Waals surface area contributed by atoms with E-state index in [1.807, 2.05) is 19.9 Å². The smallest absolute Gasteiger partial charge is 0.261 e. The Labute approximate surface area is 158 Å². The maximum absolute atomic E-state index is 12.6. The van der Waals surface area contributed by atoms with Crippen LogP contribution in [0.15, 0.2) is 42.5 Å². The van der Waals surface area contributed by atoms with Crippen LogP contribution in [0.3, 0.4) is 0 Å². The van der Waals surface area contributed by atoms with E-state index in [-0.39, 0.29) is 23.3 Å². The maximum Gasteiger partial charge on any atom is 0.261 e. The third-order valence-corrected chi connectivity index (χ3v) is 4.40. The number of ether oxygens (including phenoxy) is 1. The zero-order valence-electron chi connectivity index (χ0n) is 15.5. The summed E-state index contributed by atoms with van der Waals surface area (Å²) in [6.07, 6.45) is 1.65. The van der Waals surface area contributed by atoms with Crippen molar-refractivity contribution in [3.05, 3.63) is 59.2 Å². The topological polar surface area (TPSA) is 75.7 Å². The summed E-state index contributed by atoms with van der Waals surface area (Å²) in [7, 11) is 0. The molecule has 2 aromatic carbocycles. The predicted octanol–water partition coefficient (Wildman–Crippen LogP) is 3.73. The van der Waals surface area contributed by atoms with Gasteiger partial charge in [-0.1, -0.05) is 25.5 Å². The average Bonchev–Trinajstić information content (AvgIpc) is 2.92. The van der Waals surface area contributed by atoms with Gasteiger partial charge in [-0.05, 0) is 43.7 Å². The number of fused-ring (bicyclic) bond motifs is 1. The minimum atomic E-state index is -0.364. The lowest BCUT2D eigenvalue weighted by molar-refractivity contribution is 0.0652. The first kappa shape index (κ1) is 18.6. The molecule has 0 aromatic heterocycles. The Morgan fingerprint density at radius 1 is 1.04 bits per heavy atom. The van der Waals surface area contributed by atoms with Crippen molar-refractivity contribution in [2.45, 2.75) is 26.7 Å². The number of nitrogens with zero attached hydrogens (tertiary/aromatic N) is 1. The number of rotatable bonds is 7. The Morgan fingerprint density at radius 3 is 2.52 bits per heavy atom. The molecule has 0 bridgehead atoms. The van der Waals surface area contributed by atoms with Crippen LogP contribution >= 0.6 is 0 Å². The van der Waals surface area contributed by atoms with Gasteiger partial charge in [-0.2, -0.15) is 0 Å². The third kappa shape index (κ3) is 3.69. The standard InChI is InChI=1S/C21H22N2O4/c1-3-5-12-23-20(25)15-11-10-14(13-16(15)21(23)26)19(24)22-17-8-6-7-9-18(17)27-4-2/h6-11,13H,3-5,12H2,1-2H3,(H,22,24). The molecule has 6 nitrogen and oxygen atoms in total. The van der Waals surface area contributed by atoms with E-state index in [0.29, 0.717) is 35.7 Å². The van der Waals surface area contributed by atoms with Crippen LogP contribution < -0.4 is 10.1 Å². The highest BCUT2D eigenvalue weighted by atomic mass is 16.5. The largest absolute Gasteiger partial charge is 0.492 e. The van der Waals surface area contributed by atoms with Gasteiger partial charge < -0.3 is 10.1 Å². The Kier molecular flexibility index (Phi) is 5.54. The molecule has 1 aliphatic rings. The fraction of sp³-hybridized carbons (Fsp3) is 0.286. The predicted molar refractivity (Wildman–Crippen MR) is 102 cm³/mol. The fourth-order valence-electron chi connectivity index (χ4n) is 3.00. The van der Waals surface area contributed by atoms with E-state index in [9.17, 15) is 14.4 Å². The van der Waals surface area contributed by atoms with E-state index in [2.05, 4.69) is 5.32 Å². The Hall–Kier alpha value is -3.15. The Bertz CT molecular complexity index is 892. The average molecular weight is 366 g/mol. The molecule has 1 heterocycles. The lowest BCUT2D eigenvalue weighted by Crippen LogP contribution is -2.30. The number of hydrogen-bond acceptors (Lipinski definition) is 4. The van der Waals surface area contributed by atoms with Gasteiger partial charge in [0.1, 0.15) is 5.75 Å². The zero-order valence-corrected chi connectivity index (χ0v) is 15.5. The second-order valence-corrected chi connectivity index (χ2v) is 6.26. The van der Waals surface area contributed by atoms with Crippen molar-refractivity contribution < 1.29 is 19.1 Å². The molecule has 0 aliphatic carbocycles. The van der Waals surface area contributed by atoms with Crippen molar-refractivity contribution in [1.29, 1.82) is 0 Å². The SMILES string of the molecule is CCCCN1C(=O)c2ccc(C(=O)Nc3ccccc3OCC)cc2C1=O. The van der Waals surface area contributed by atoms with E-state index in [1.165, 1.54) is 11.0 Å². The molecule has 3 amide bonds. The van der Waals surface area contributed by atoms with Crippen LogP contribution in [0.1, 0.15) is 57.8 Å². The molecule has 6 heteroatoms. The summed E-state index contributed by atoms with van der Waals surface area (Å²) in [5.41, 5.74) is 1.50. The highest BCUT2D eigenvalue weighted by molar-refractivity contribution is 6.22. The van der Waals surface area contributed by atoms with Gasteiger partial charge in [0.05, 0.1) is 23.4 Å². The number of amides is 3. The molecule has 0 saturated carbocycles. The first-order chi connectivity index (χ1) is 13.1. The van der Waals surface area contributed by atoms with Crippen molar-refractivity contribution in [3.63, 3.8) is 0 Å². The van der Waals surface area contributed by atoms with Crippen molar-refractivity contribution in [1.82, 2.24) is 4.90 Å². The van der Waals surface area contributed by atoms with Crippen LogP contribution in [-0.2, 0) is 0 Å². The molecular weight excluding hydrogens is 344 g/mol. The number of para-hydroxylation sites is 2. The summed E-state index contributed by atoms with van der Waals surface area (Å²) in [4.78, 5) is 38.8. The van der Waals surface area contributed by atoms with E-state index in [4.69, 9.17) is 4.74 Å². The van der Waals surface area contributed by atoms with Crippen molar-refractivity contribution in [2.75, 3.05) is 18.5 Å². The van der Waals surface area contributed by atoms with Crippen LogP contribution in [0.4, 0.5) is 5.69 Å². The van der Waals surface area contributed by atoms with Gasteiger partial charge in [0, 0.05) is 12.1 Å². The Morgan fingerprint density at radius 2 is 1.78 bits per heavy atom. The van der Waals surface area contributed by atoms with Crippen molar-refractivity contribution >= 4 is 23.4 Å². The van der Waals surface area contributed by atoms with Gasteiger partial charge in [-0.3, -0.25) is 19.3 Å².